The zero-order chi connectivity index (χ0) is 11.8. The van der Waals surface area contributed by atoms with E-state index < -0.39 is 0 Å². The fraction of sp³-hybridized carbons (Fsp3) is 0.100. The highest BCUT2D eigenvalue weighted by atomic mass is 35.5. The van der Waals surface area contributed by atoms with Crippen LogP contribution in [0, 0.1) is 11.3 Å². The summed E-state index contributed by atoms with van der Waals surface area (Å²) >= 11 is 9.28. The SMILES string of the molecule is Cl[B]Cl.N#CC(c1ccc[nH]1)c1ccc[nH]1. The van der Waals surface area contributed by atoms with Crippen molar-refractivity contribution in [2.45, 2.75) is 5.92 Å². The summed E-state index contributed by atoms with van der Waals surface area (Å²) in [5.74, 6) is -0.218. The molecule has 2 aromatic rings. The number of aromatic nitrogens is 2. The van der Waals surface area contributed by atoms with Crippen molar-refractivity contribution in [2.24, 2.45) is 0 Å². The van der Waals surface area contributed by atoms with Gasteiger partial charge in [-0.1, -0.05) is 0 Å². The Balaban J connectivity index is 0.000000386. The maximum Gasteiger partial charge on any atom is 0.357 e. The summed E-state index contributed by atoms with van der Waals surface area (Å²) < 4.78 is 0. The first kappa shape index (κ1) is 12.8. The first-order valence-electron chi connectivity index (χ1n) is 4.51. The Morgan fingerprint density at radius 2 is 1.56 bits per heavy atom. The Bertz CT molecular complexity index is 385. The highest BCUT2D eigenvalue weighted by Gasteiger charge is 2.13. The van der Waals surface area contributed by atoms with E-state index in [1.165, 1.54) is 0 Å². The van der Waals surface area contributed by atoms with Crippen LogP contribution in [0.15, 0.2) is 36.7 Å². The van der Waals surface area contributed by atoms with Gasteiger partial charge < -0.3 is 9.97 Å². The predicted octanol–water partition coefficient (Wildman–Crippen LogP) is 3.00. The second kappa shape index (κ2) is 7.05. The minimum atomic E-state index is -0.218. The summed E-state index contributed by atoms with van der Waals surface area (Å²) in [7, 11) is 0. The number of nitrogens with one attached hydrogen (secondary N) is 2. The van der Waals surface area contributed by atoms with Gasteiger partial charge in [0.15, 0.2) is 0 Å². The van der Waals surface area contributed by atoms with E-state index >= 15 is 0 Å². The van der Waals surface area contributed by atoms with Crippen molar-refractivity contribution in [3.8, 4) is 6.07 Å². The van der Waals surface area contributed by atoms with Crippen molar-refractivity contribution in [1.29, 1.82) is 5.26 Å². The highest BCUT2D eigenvalue weighted by molar-refractivity contribution is 7.22. The summed E-state index contributed by atoms with van der Waals surface area (Å²) in [6, 6.07) is 9.85. The molecular formula is C10H9BCl2N3. The van der Waals surface area contributed by atoms with Gasteiger partial charge in [0, 0.05) is 23.8 Å². The number of hydrogen-bond donors (Lipinski definition) is 2. The van der Waals surface area contributed by atoms with Crippen molar-refractivity contribution < 1.29 is 0 Å². The Morgan fingerprint density at radius 1 is 1.12 bits per heavy atom. The van der Waals surface area contributed by atoms with Gasteiger partial charge in [0.05, 0.1) is 6.07 Å². The molecule has 0 unspecified atom stereocenters. The summed E-state index contributed by atoms with van der Waals surface area (Å²) in [5, 5.41) is 8.98. The average Bonchev–Trinajstić information content (AvgIpc) is 2.92. The molecule has 2 N–H and O–H groups in total. The molecular weight excluding hydrogens is 244 g/mol. The van der Waals surface area contributed by atoms with Crippen LogP contribution < -0.4 is 0 Å². The number of nitrogens with zero attached hydrogens (tertiary/aromatic N) is 1. The Kier molecular flexibility index (Phi) is 5.62. The van der Waals surface area contributed by atoms with E-state index in [0.29, 0.717) is 0 Å². The standard InChI is InChI=1S/C10H9N3.BCl2/c11-7-8(9-3-1-5-12-9)10-4-2-6-13-10;2-1-3/h1-6,8,12-13H;. The van der Waals surface area contributed by atoms with Crippen molar-refractivity contribution in [1.82, 2.24) is 9.97 Å². The van der Waals surface area contributed by atoms with E-state index in [9.17, 15) is 0 Å². The van der Waals surface area contributed by atoms with Gasteiger partial charge in [-0.2, -0.15) is 28.2 Å². The maximum atomic E-state index is 8.98. The van der Waals surface area contributed by atoms with Crippen molar-refractivity contribution in [3.05, 3.63) is 48.0 Å². The lowest BCUT2D eigenvalue weighted by Gasteiger charge is -2.03. The second-order valence-corrected chi connectivity index (χ2v) is 3.56. The molecule has 0 aliphatic heterocycles. The molecule has 0 saturated heterocycles. The van der Waals surface area contributed by atoms with E-state index in [0.717, 1.165) is 17.5 Å². The van der Waals surface area contributed by atoms with Crippen molar-refractivity contribution in [2.75, 3.05) is 0 Å². The summed E-state index contributed by atoms with van der Waals surface area (Å²) in [6.07, 6.45) is 4.59. The zero-order valence-corrected chi connectivity index (χ0v) is 9.83. The van der Waals surface area contributed by atoms with E-state index in [4.69, 9.17) is 5.26 Å². The molecule has 2 aromatic heterocycles. The van der Waals surface area contributed by atoms with Crippen LogP contribution in [0.3, 0.4) is 0 Å². The third kappa shape index (κ3) is 3.37. The van der Waals surface area contributed by atoms with Gasteiger partial charge in [-0.05, 0) is 24.3 Å². The molecule has 16 heavy (non-hydrogen) atoms. The molecule has 1 radical (unpaired) electrons. The van der Waals surface area contributed by atoms with Crippen LogP contribution in [-0.4, -0.2) is 16.1 Å². The van der Waals surface area contributed by atoms with Gasteiger partial charge in [0.25, 0.3) is 0 Å². The number of H-pyrrole nitrogens is 2. The molecule has 6 heteroatoms. The Labute approximate surface area is 104 Å². The number of aromatic amines is 2. The molecule has 0 spiro atoms. The molecule has 81 valence electrons. The minimum absolute atomic E-state index is 0.218. The van der Waals surface area contributed by atoms with E-state index in [2.05, 4.69) is 39.0 Å². The van der Waals surface area contributed by atoms with Crippen LogP contribution in [0.4, 0.5) is 0 Å². The van der Waals surface area contributed by atoms with Crippen molar-refractivity contribution >= 4 is 29.0 Å². The van der Waals surface area contributed by atoms with E-state index in [-0.39, 0.29) is 5.92 Å². The van der Waals surface area contributed by atoms with Gasteiger partial charge in [-0.3, -0.25) is 0 Å². The number of rotatable bonds is 2. The monoisotopic (exact) mass is 252 g/mol. The lowest BCUT2D eigenvalue weighted by molar-refractivity contribution is 0.944. The molecule has 2 rings (SSSR count). The van der Waals surface area contributed by atoms with Gasteiger partial charge in [0.1, 0.15) is 5.92 Å². The summed E-state index contributed by atoms with van der Waals surface area (Å²) in [4.78, 5) is 6.07. The van der Waals surface area contributed by atoms with Crippen LogP contribution in [0.25, 0.3) is 0 Å². The molecule has 0 atom stereocenters. The first-order chi connectivity index (χ1) is 7.83. The average molecular weight is 253 g/mol. The number of hydrogen-bond acceptors (Lipinski definition) is 1. The largest absolute Gasteiger partial charge is 0.364 e. The van der Waals surface area contributed by atoms with Gasteiger partial charge >= 0.3 is 6.11 Å². The molecule has 0 amide bonds. The molecule has 0 fully saturated rings. The third-order valence-corrected chi connectivity index (χ3v) is 2.00. The molecule has 0 saturated carbocycles. The zero-order valence-electron chi connectivity index (χ0n) is 8.32. The fourth-order valence-electron chi connectivity index (χ4n) is 1.35. The van der Waals surface area contributed by atoms with Gasteiger partial charge in [0.2, 0.25) is 0 Å². The third-order valence-electron chi connectivity index (χ3n) is 2.00. The van der Waals surface area contributed by atoms with Crippen LogP contribution in [0.1, 0.15) is 17.3 Å². The predicted molar refractivity (Wildman–Crippen MR) is 66.5 cm³/mol. The first-order valence-corrected chi connectivity index (χ1v) is 5.39. The molecule has 3 nitrogen and oxygen atoms in total. The molecule has 0 aliphatic carbocycles. The van der Waals surface area contributed by atoms with E-state index in [1.807, 2.05) is 36.7 Å². The second-order valence-electron chi connectivity index (χ2n) is 2.90. The topological polar surface area (TPSA) is 55.4 Å². The summed E-state index contributed by atoms with van der Waals surface area (Å²) in [6.45, 7) is 0. The van der Waals surface area contributed by atoms with E-state index in [1.54, 1.807) is 0 Å². The lowest BCUT2D eigenvalue weighted by Crippen LogP contribution is -1.98. The molecule has 2 heterocycles. The molecule has 0 bridgehead atoms. The Hall–Kier alpha value is -1.31. The fourth-order valence-corrected chi connectivity index (χ4v) is 1.35. The van der Waals surface area contributed by atoms with Crippen LogP contribution in [0.2, 0.25) is 0 Å². The number of halogens is 2. The van der Waals surface area contributed by atoms with Gasteiger partial charge in [-0.25, -0.2) is 0 Å². The smallest absolute Gasteiger partial charge is 0.357 e. The van der Waals surface area contributed by atoms with Crippen molar-refractivity contribution in [3.63, 3.8) is 0 Å². The highest BCUT2D eigenvalue weighted by Crippen LogP contribution is 2.20. The quantitative estimate of drug-likeness (QED) is 0.794. The molecule has 0 aliphatic rings. The van der Waals surface area contributed by atoms with Crippen LogP contribution in [-0.2, 0) is 0 Å². The molecule has 0 aromatic carbocycles. The normalized spacial score (nSPS) is 9.12. The lowest BCUT2D eigenvalue weighted by atomic mass is 10.0. The minimum Gasteiger partial charge on any atom is -0.364 e. The van der Waals surface area contributed by atoms with Gasteiger partial charge in [-0.15, -0.1) is 0 Å². The summed E-state index contributed by atoms with van der Waals surface area (Å²) in [5.41, 5.74) is 1.84. The van der Waals surface area contributed by atoms with Crippen LogP contribution >= 0.6 is 22.9 Å². The number of nitriles is 1. The maximum absolute atomic E-state index is 8.98. The Morgan fingerprint density at radius 3 is 1.81 bits per heavy atom. The van der Waals surface area contributed by atoms with Crippen LogP contribution in [0.5, 0.6) is 0 Å².